The van der Waals surface area contributed by atoms with E-state index < -0.39 is 0 Å². The van der Waals surface area contributed by atoms with Crippen molar-refractivity contribution in [3.8, 4) is 11.1 Å². The summed E-state index contributed by atoms with van der Waals surface area (Å²) in [4.78, 5) is 8.58. The van der Waals surface area contributed by atoms with E-state index in [-0.39, 0.29) is 0 Å². The van der Waals surface area contributed by atoms with Crippen LogP contribution in [0.5, 0.6) is 0 Å². The molecule has 3 rings (SSSR count). The zero-order chi connectivity index (χ0) is 14.5. The lowest BCUT2D eigenvalue weighted by molar-refractivity contribution is 1.09. The molecule has 3 nitrogen and oxygen atoms in total. The normalized spacial score (nSPS) is 10.3. The van der Waals surface area contributed by atoms with E-state index in [2.05, 4.69) is 45.6 Å². The fourth-order valence-corrected chi connectivity index (χ4v) is 2.18. The van der Waals surface area contributed by atoms with Gasteiger partial charge in [0.05, 0.1) is 0 Å². The molecular formula is C18H17N3. The highest BCUT2D eigenvalue weighted by atomic mass is 15.0. The first-order chi connectivity index (χ1) is 10.3. The Hall–Kier alpha value is -2.68. The Labute approximate surface area is 124 Å². The second-order valence-corrected chi connectivity index (χ2v) is 4.96. The van der Waals surface area contributed by atoms with Gasteiger partial charge in [0.25, 0.3) is 0 Å². The summed E-state index contributed by atoms with van der Waals surface area (Å²) in [5.74, 6) is 0.909. The fourth-order valence-electron chi connectivity index (χ4n) is 2.18. The van der Waals surface area contributed by atoms with Gasteiger partial charge < -0.3 is 5.32 Å². The Kier molecular flexibility index (Phi) is 3.92. The number of nitrogens with one attached hydrogen (secondary N) is 1. The predicted octanol–water partition coefficient (Wildman–Crippen LogP) is 4.06. The van der Waals surface area contributed by atoms with E-state index in [4.69, 9.17) is 0 Å². The van der Waals surface area contributed by atoms with Gasteiger partial charge in [0.2, 0.25) is 0 Å². The summed E-state index contributed by atoms with van der Waals surface area (Å²) in [7, 11) is 0. The third-order valence-electron chi connectivity index (χ3n) is 3.31. The highest BCUT2D eigenvalue weighted by molar-refractivity contribution is 5.62. The first kappa shape index (κ1) is 13.3. The third kappa shape index (κ3) is 3.45. The molecule has 21 heavy (non-hydrogen) atoms. The maximum absolute atomic E-state index is 4.43. The summed E-state index contributed by atoms with van der Waals surface area (Å²) < 4.78 is 0. The molecule has 3 aromatic rings. The van der Waals surface area contributed by atoms with Gasteiger partial charge in [0, 0.05) is 24.6 Å². The van der Waals surface area contributed by atoms with Crippen molar-refractivity contribution in [1.82, 2.24) is 9.97 Å². The molecule has 1 aromatic carbocycles. The molecule has 2 aromatic heterocycles. The van der Waals surface area contributed by atoms with E-state index in [1.807, 2.05) is 37.4 Å². The van der Waals surface area contributed by atoms with E-state index in [0.29, 0.717) is 0 Å². The van der Waals surface area contributed by atoms with Crippen LogP contribution in [0.2, 0.25) is 0 Å². The van der Waals surface area contributed by atoms with Crippen LogP contribution < -0.4 is 5.32 Å². The Bertz CT molecular complexity index is 706. The summed E-state index contributed by atoms with van der Waals surface area (Å²) in [6.07, 6.45) is 3.67. The van der Waals surface area contributed by atoms with Crippen molar-refractivity contribution in [2.75, 3.05) is 5.32 Å². The Balaban J connectivity index is 1.68. The van der Waals surface area contributed by atoms with E-state index >= 15 is 0 Å². The van der Waals surface area contributed by atoms with Crippen molar-refractivity contribution in [2.45, 2.75) is 13.5 Å². The predicted molar refractivity (Wildman–Crippen MR) is 86.0 cm³/mol. The molecule has 0 amide bonds. The fraction of sp³-hybridized carbons (Fsp3) is 0.111. The van der Waals surface area contributed by atoms with Gasteiger partial charge in [-0.25, -0.2) is 4.98 Å². The summed E-state index contributed by atoms with van der Waals surface area (Å²) in [5.41, 5.74) is 4.57. The van der Waals surface area contributed by atoms with E-state index in [1.165, 1.54) is 11.1 Å². The number of hydrogen-bond acceptors (Lipinski definition) is 3. The van der Waals surface area contributed by atoms with E-state index in [1.54, 1.807) is 6.20 Å². The van der Waals surface area contributed by atoms with Gasteiger partial charge in [-0.1, -0.05) is 36.4 Å². The standard InChI is InChI=1S/C18H17N3/c1-14-4-2-6-18(21-14)20-12-15-7-9-16(10-8-15)17-5-3-11-19-13-17/h2-11,13H,12H2,1H3,(H,20,21). The van der Waals surface area contributed by atoms with Crippen LogP contribution in [0, 0.1) is 6.92 Å². The zero-order valence-electron chi connectivity index (χ0n) is 12.0. The number of anilines is 1. The molecule has 104 valence electrons. The lowest BCUT2D eigenvalue weighted by Gasteiger charge is -2.07. The Morgan fingerprint density at radius 3 is 2.48 bits per heavy atom. The SMILES string of the molecule is Cc1cccc(NCc2ccc(-c3cccnc3)cc2)n1. The minimum absolute atomic E-state index is 0.768. The number of nitrogens with zero attached hydrogens (tertiary/aromatic N) is 2. The molecule has 0 spiro atoms. The molecule has 3 heteroatoms. The number of rotatable bonds is 4. The van der Waals surface area contributed by atoms with Crippen molar-refractivity contribution in [3.63, 3.8) is 0 Å². The van der Waals surface area contributed by atoms with Crippen LogP contribution >= 0.6 is 0 Å². The molecule has 0 fully saturated rings. The van der Waals surface area contributed by atoms with Crippen LogP contribution in [0.25, 0.3) is 11.1 Å². The second-order valence-electron chi connectivity index (χ2n) is 4.96. The molecule has 0 saturated carbocycles. The van der Waals surface area contributed by atoms with Gasteiger partial charge in [0.15, 0.2) is 0 Å². The molecule has 0 aliphatic carbocycles. The molecule has 0 aliphatic rings. The average molecular weight is 275 g/mol. The largest absolute Gasteiger partial charge is 0.366 e. The van der Waals surface area contributed by atoms with Gasteiger partial charge in [-0.2, -0.15) is 0 Å². The van der Waals surface area contributed by atoms with Gasteiger partial charge in [-0.3, -0.25) is 4.98 Å². The van der Waals surface area contributed by atoms with E-state index in [9.17, 15) is 0 Å². The van der Waals surface area contributed by atoms with Crippen LogP contribution in [0.1, 0.15) is 11.3 Å². The molecule has 0 saturated heterocycles. The van der Waals surface area contributed by atoms with Crippen molar-refractivity contribution < 1.29 is 0 Å². The molecule has 0 bridgehead atoms. The highest BCUT2D eigenvalue weighted by Gasteiger charge is 1.99. The molecule has 0 radical (unpaired) electrons. The van der Waals surface area contributed by atoms with Crippen molar-refractivity contribution in [2.24, 2.45) is 0 Å². The monoisotopic (exact) mass is 275 g/mol. The minimum atomic E-state index is 0.768. The number of pyridine rings is 2. The Morgan fingerprint density at radius 2 is 1.76 bits per heavy atom. The topological polar surface area (TPSA) is 37.8 Å². The van der Waals surface area contributed by atoms with Crippen LogP contribution in [-0.4, -0.2) is 9.97 Å². The number of benzene rings is 1. The van der Waals surface area contributed by atoms with Crippen LogP contribution in [0.15, 0.2) is 67.0 Å². The van der Waals surface area contributed by atoms with E-state index in [0.717, 1.165) is 23.6 Å². The summed E-state index contributed by atoms with van der Waals surface area (Å²) in [5, 5.41) is 3.34. The molecule has 2 heterocycles. The molecular weight excluding hydrogens is 258 g/mol. The van der Waals surface area contributed by atoms with Crippen LogP contribution in [-0.2, 0) is 6.54 Å². The van der Waals surface area contributed by atoms with Crippen LogP contribution in [0.3, 0.4) is 0 Å². The lowest BCUT2D eigenvalue weighted by Crippen LogP contribution is -2.01. The summed E-state index contributed by atoms with van der Waals surface area (Å²) >= 11 is 0. The maximum atomic E-state index is 4.43. The summed E-state index contributed by atoms with van der Waals surface area (Å²) in [6.45, 7) is 2.76. The number of aryl methyl sites for hydroxylation is 1. The second kappa shape index (κ2) is 6.18. The number of aromatic nitrogens is 2. The first-order valence-electron chi connectivity index (χ1n) is 6.98. The van der Waals surface area contributed by atoms with Crippen molar-refractivity contribution >= 4 is 5.82 Å². The first-order valence-corrected chi connectivity index (χ1v) is 6.98. The quantitative estimate of drug-likeness (QED) is 0.780. The maximum Gasteiger partial charge on any atom is 0.126 e. The Morgan fingerprint density at radius 1 is 0.905 bits per heavy atom. The molecule has 0 unspecified atom stereocenters. The lowest BCUT2D eigenvalue weighted by atomic mass is 10.1. The average Bonchev–Trinajstić information content (AvgIpc) is 2.54. The van der Waals surface area contributed by atoms with Crippen LogP contribution in [0.4, 0.5) is 5.82 Å². The minimum Gasteiger partial charge on any atom is -0.366 e. The molecule has 1 N–H and O–H groups in total. The van der Waals surface area contributed by atoms with Gasteiger partial charge >= 0.3 is 0 Å². The van der Waals surface area contributed by atoms with Gasteiger partial charge in [-0.05, 0) is 41.8 Å². The smallest absolute Gasteiger partial charge is 0.126 e. The third-order valence-corrected chi connectivity index (χ3v) is 3.31. The van der Waals surface area contributed by atoms with Gasteiger partial charge in [0.1, 0.15) is 5.82 Å². The highest BCUT2D eigenvalue weighted by Crippen LogP contribution is 2.18. The van der Waals surface area contributed by atoms with Gasteiger partial charge in [-0.15, -0.1) is 0 Å². The number of hydrogen-bond donors (Lipinski definition) is 1. The van der Waals surface area contributed by atoms with Crippen molar-refractivity contribution in [1.29, 1.82) is 0 Å². The molecule has 0 aliphatic heterocycles. The van der Waals surface area contributed by atoms with Crippen molar-refractivity contribution in [3.05, 3.63) is 78.2 Å². The zero-order valence-corrected chi connectivity index (χ0v) is 12.0. The summed E-state index contributed by atoms with van der Waals surface area (Å²) in [6, 6.07) is 18.5. The molecule has 0 atom stereocenters.